The van der Waals surface area contributed by atoms with Gasteiger partial charge in [0.2, 0.25) is 5.12 Å². The zero-order valence-electron chi connectivity index (χ0n) is 15.2. The largest absolute Gasteiger partial charge is 0.445 e. The van der Waals surface area contributed by atoms with Gasteiger partial charge in [-0.25, -0.2) is 4.79 Å². The van der Waals surface area contributed by atoms with E-state index in [-0.39, 0.29) is 35.0 Å². The molecule has 0 spiro atoms. The van der Waals surface area contributed by atoms with Gasteiger partial charge in [0, 0.05) is 41.2 Å². The fourth-order valence-corrected chi connectivity index (χ4v) is 4.43. The van der Waals surface area contributed by atoms with Crippen LogP contribution < -0.4 is 0 Å². The molecule has 1 amide bonds. The minimum Gasteiger partial charge on any atom is -0.445 e. The summed E-state index contributed by atoms with van der Waals surface area (Å²) in [5.41, 5.74) is 1.63. The Balaban J connectivity index is 1.73. The number of nitrogens with zero attached hydrogens (tertiary/aromatic N) is 2. The van der Waals surface area contributed by atoms with E-state index in [1.807, 2.05) is 36.4 Å². The van der Waals surface area contributed by atoms with E-state index in [9.17, 15) is 9.59 Å². The Morgan fingerprint density at radius 1 is 1.41 bits per heavy atom. The summed E-state index contributed by atoms with van der Waals surface area (Å²) in [5.74, 6) is 0.0567. The first-order valence-electron chi connectivity index (χ1n) is 8.89. The summed E-state index contributed by atoms with van der Waals surface area (Å²) >= 11 is 1.29. The van der Waals surface area contributed by atoms with Crippen LogP contribution in [-0.2, 0) is 4.74 Å². The standard InChI is InChI=1S/C20H23N3O3S/c1-3-11-26-20(25)23-13-16(27-19(24)15-7-5-4-6-8-15)12-18(23)14(2)17-9-10-21-22-17/h3-10,14,16,18H,1,11-13H2,2H3,(H,21,22)/t14?,16-,18+/m0/s1. The van der Waals surface area contributed by atoms with Crippen LogP contribution in [0.15, 0.2) is 55.3 Å². The predicted molar refractivity (Wildman–Crippen MR) is 106 cm³/mol. The molecule has 0 saturated carbocycles. The quantitative estimate of drug-likeness (QED) is 0.765. The minimum absolute atomic E-state index is 0.0179. The van der Waals surface area contributed by atoms with E-state index in [2.05, 4.69) is 23.7 Å². The molecule has 2 heterocycles. The monoisotopic (exact) mass is 385 g/mol. The molecule has 142 valence electrons. The number of rotatable bonds is 6. The van der Waals surface area contributed by atoms with Crippen LogP contribution in [0.1, 0.15) is 35.3 Å². The predicted octanol–water partition coefficient (Wildman–Crippen LogP) is 3.85. The van der Waals surface area contributed by atoms with Gasteiger partial charge in [-0.1, -0.05) is 61.7 Å². The average molecular weight is 385 g/mol. The molecule has 3 atom stereocenters. The summed E-state index contributed by atoms with van der Waals surface area (Å²) in [6.45, 7) is 6.28. The molecular weight excluding hydrogens is 362 g/mol. The Hall–Kier alpha value is -2.54. The van der Waals surface area contributed by atoms with Crippen LogP contribution in [-0.4, -0.2) is 50.7 Å². The van der Waals surface area contributed by atoms with E-state index in [4.69, 9.17) is 4.74 Å². The highest BCUT2D eigenvalue weighted by molar-refractivity contribution is 8.14. The molecule has 1 aromatic carbocycles. The number of hydrogen-bond donors (Lipinski definition) is 1. The van der Waals surface area contributed by atoms with Gasteiger partial charge in [-0.15, -0.1) is 0 Å². The van der Waals surface area contributed by atoms with Crippen molar-refractivity contribution in [3.05, 3.63) is 66.5 Å². The molecule has 0 aliphatic carbocycles. The van der Waals surface area contributed by atoms with Crippen molar-refractivity contribution in [1.82, 2.24) is 15.1 Å². The second kappa shape index (κ2) is 8.90. The maximum Gasteiger partial charge on any atom is 0.410 e. The maximum absolute atomic E-state index is 12.6. The number of aromatic nitrogens is 2. The van der Waals surface area contributed by atoms with E-state index in [1.165, 1.54) is 11.8 Å². The van der Waals surface area contributed by atoms with E-state index >= 15 is 0 Å². The number of ether oxygens (including phenoxy) is 1. The van der Waals surface area contributed by atoms with Crippen molar-refractivity contribution < 1.29 is 14.3 Å². The fraction of sp³-hybridized carbons (Fsp3) is 0.350. The Morgan fingerprint density at radius 2 is 2.19 bits per heavy atom. The minimum atomic E-state index is -0.374. The highest BCUT2D eigenvalue weighted by Gasteiger charge is 2.41. The second-order valence-corrected chi connectivity index (χ2v) is 7.79. The first kappa shape index (κ1) is 19.2. The number of carbonyl (C=O) groups excluding carboxylic acids is 2. The molecule has 1 aliphatic rings. The molecule has 1 N–H and O–H groups in total. The first-order chi connectivity index (χ1) is 13.1. The Morgan fingerprint density at radius 3 is 2.85 bits per heavy atom. The number of benzene rings is 1. The topological polar surface area (TPSA) is 75.3 Å². The van der Waals surface area contributed by atoms with Crippen molar-refractivity contribution in [3.63, 3.8) is 0 Å². The zero-order valence-corrected chi connectivity index (χ0v) is 16.0. The SMILES string of the molecule is C=CCOC(=O)N1C[C@@H](SC(=O)c2ccccc2)C[C@@H]1C(C)c1ccn[nH]1. The number of hydrogen-bond acceptors (Lipinski definition) is 5. The van der Waals surface area contributed by atoms with Gasteiger partial charge in [0.25, 0.3) is 0 Å². The summed E-state index contributed by atoms with van der Waals surface area (Å²) in [6.07, 6.45) is 3.59. The number of thioether (sulfide) groups is 1. The van der Waals surface area contributed by atoms with Crippen LogP contribution >= 0.6 is 11.8 Å². The van der Waals surface area contributed by atoms with Gasteiger partial charge in [0.1, 0.15) is 6.61 Å². The molecule has 27 heavy (non-hydrogen) atoms. The highest BCUT2D eigenvalue weighted by Crippen LogP contribution is 2.36. The van der Waals surface area contributed by atoms with Crippen LogP contribution in [0.25, 0.3) is 0 Å². The van der Waals surface area contributed by atoms with Gasteiger partial charge in [-0.05, 0) is 12.5 Å². The maximum atomic E-state index is 12.6. The normalized spacial score (nSPS) is 20.3. The van der Waals surface area contributed by atoms with E-state index in [0.717, 1.165) is 5.69 Å². The van der Waals surface area contributed by atoms with Crippen LogP contribution in [0.3, 0.4) is 0 Å². The van der Waals surface area contributed by atoms with Crippen molar-refractivity contribution in [2.24, 2.45) is 0 Å². The lowest BCUT2D eigenvalue weighted by molar-refractivity contribution is 0.103. The van der Waals surface area contributed by atoms with Crippen LogP contribution in [0.4, 0.5) is 4.79 Å². The molecule has 3 rings (SSSR count). The Bertz CT molecular complexity index is 779. The highest BCUT2D eigenvalue weighted by atomic mass is 32.2. The molecule has 7 heteroatoms. The van der Waals surface area contributed by atoms with Gasteiger partial charge >= 0.3 is 6.09 Å². The fourth-order valence-electron chi connectivity index (χ4n) is 3.33. The third-order valence-corrected chi connectivity index (χ3v) is 5.86. The molecule has 2 aromatic rings. The number of H-pyrrole nitrogens is 1. The third kappa shape index (κ3) is 4.60. The average Bonchev–Trinajstić information content (AvgIpc) is 3.36. The van der Waals surface area contributed by atoms with Gasteiger partial charge in [0.15, 0.2) is 0 Å². The molecule has 0 radical (unpaired) electrons. The van der Waals surface area contributed by atoms with Crippen LogP contribution in [0, 0.1) is 0 Å². The second-order valence-electron chi connectivity index (χ2n) is 6.51. The number of aromatic amines is 1. The molecule has 1 unspecified atom stereocenters. The Labute approximate surface area is 163 Å². The first-order valence-corrected chi connectivity index (χ1v) is 9.77. The summed E-state index contributed by atoms with van der Waals surface area (Å²) in [4.78, 5) is 26.8. The summed E-state index contributed by atoms with van der Waals surface area (Å²) in [5, 5.41) is 7.03. The number of likely N-dealkylation sites (tertiary alicyclic amines) is 1. The van der Waals surface area contributed by atoms with Gasteiger partial charge in [-0.3, -0.25) is 9.89 Å². The number of carbonyl (C=O) groups is 2. The molecule has 0 bridgehead atoms. The van der Waals surface area contributed by atoms with E-state index in [0.29, 0.717) is 18.5 Å². The zero-order chi connectivity index (χ0) is 19.2. The van der Waals surface area contributed by atoms with Gasteiger partial charge < -0.3 is 9.64 Å². The van der Waals surface area contributed by atoms with Crippen molar-refractivity contribution in [2.45, 2.75) is 30.6 Å². The van der Waals surface area contributed by atoms with Crippen molar-refractivity contribution in [2.75, 3.05) is 13.2 Å². The summed E-state index contributed by atoms with van der Waals surface area (Å²) in [7, 11) is 0. The van der Waals surface area contributed by atoms with Crippen LogP contribution in [0.5, 0.6) is 0 Å². The lowest BCUT2D eigenvalue weighted by Gasteiger charge is -2.28. The molecule has 1 fully saturated rings. The summed E-state index contributed by atoms with van der Waals surface area (Å²) in [6, 6.07) is 11.1. The van der Waals surface area contributed by atoms with Gasteiger partial charge in [-0.2, -0.15) is 5.10 Å². The molecule has 1 saturated heterocycles. The molecule has 6 nitrogen and oxygen atoms in total. The molecule has 1 aromatic heterocycles. The lowest BCUT2D eigenvalue weighted by atomic mass is 9.96. The van der Waals surface area contributed by atoms with Crippen molar-refractivity contribution in [1.29, 1.82) is 0 Å². The van der Waals surface area contributed by atoms with E-state index in [1.54, 1.807) is 17.2 Å². The van der Waals surface area contributed by atoms with Crippen molar-refractivity contribution >= 4 is 23.0 Å². The summed E-state index contributed by atoms with van der Waals surface area (Å²) < 4.78 is 5.26. The van der Waals surface area contributed by atoms with Gasteiger partial charge in [0.05, 0.1) is 0 Å². The molecule has 1 aliphatic heterocycles. The lowest BCUT2D eigenvalue weighted by Crippen LogP contribution is -2.39. The Kier molecular flexibility index (Phi) is 6.34. The molecular formula is C20H23N3O3S. The smallest absolute Gasteiger partial charge is 0.410 e. The van der Waals surface area contributed by atoms with Crippen molar-refractivity contribution in [3.8, 4) is 0 Å². The number of amides is 1. The van der Waals surface area contributed by atoms with Crippen LogP contribution in [0.2, 0.25) is 0 Å². The van der Waals surface area contributed by atoms with E-state index < -0.39 is 0 Å². The number of nitrogens with one attached hydrogen (secondary N) is 1. The third-order valence-electron chi connectivity index (χ3n) is 4.74.